The number of nitrogens with zero attached hydrogens (tertiary/aromatic N) is 2. The predicted octanol–water partition coefficient (Wildman–Crippen LogP) is 2.01. The standard InChI is InChI=1S/C24H31N5O4/c1-14(30)28-10-3-5-21(28)24(33)29-11-2-4-16(29)7-9-19-18(13-22(31)32)17-8-6-15(23(25)26)12-20(17)27-19/h6,8,12,16,21,27H,2-5,7,9-11,13H2,1H3,(H3,25,26)(H,31,32). The van der Waals surface area contributed by atoms with Crippen LogP contribution in [0.2, 0.25) is 0 Å². The zero-order valence-electron chi connectivity index (χ0n) is 18.9. The van der Waals surface area contributed by atoms with Crippen molar-refractivity contribution in [3.63, 3.8) is 0 Å². The summed E-state index contributed by atoms with van der Waals surface area (Å²) in [5.74, 6) is -0.961. The first kappa shape index (κ1) is 22.8. The van der Waals surface area contributed by atoms with Gasteiger partial charge in [0.15, 0.2) is 0 Å². The Bertz CT molecular complexity index is 1110. The quantitative estimate of drug-likeness (QED) is 0.374. The molecule has 2 aliphatic rings. The monoisotopic (exact) mass is 453 g/mol. The topological polar surface area (TPSA) is 144 Å². The van der Waals surface area contributed by atoms with E-state index >= 15 is 0 Å². The number of amidine groups is 1. The van der Waals surface area contributed by atoms with Crippen LogP contribution < -0.4 is 5.73 Å². The Hall–Kier alpha value is -3.36. The van der Waals surface area contributed by atoms with E-state index in [1.165, 1.54) is 6.92 Å². The van der Waals surface area contributed by atoms with Crippen molar-refractivity contribution in [2.24, 2.45) is 5.73 Å². The SMILES string of the molecule is CC(=O)N1CCCC1C(=O)N1CCCC1CCc1[nH]c2cc(C(=N)N)ccc2c1CC(=O)O. The number of hydrogen-bond donors (Lipinski definition) is 4. The number of nitrogen functional groups attached to an aromatic ring is 1. The molecule has 176 valence electrons. The van der Waals surface area contributed by atoms with Gasteiger partial charge in [0.1, 0.15) is 11.9 Å². The molecule has 4 rings (SSSR count). The van der Waals surface area contributed by atoms with Crippen molar-refractivity contribution in [3.05, 3.63) is 35.0 Å². The van der Waals surface area contributed by atoms with Gasteiger partial charge in [0, 0.05) is 48.2 Å². The number of rotatable bonds is 7. The van der Waals surface area contributed by atoms with Gasteiger partial charge in [0.2, 0.25) is 11.8 Å². The predicted molar refractivity (Wildman–Crippen MR) is 124 cm³/mol. The summed E-state index contributed by atoms with van der Waals surface area (Å²) < 4.78 is 0. The highest BCUT2D eigenvalue weighted by Crippen LogP contribution is 2.30. The van der Waals surface area contributed by atoms with Crippen LogP contribution in [0, 0.1) is 5.41 Å². The summed E-state index contributed by atoms with van der Waals surface area (Å²) in [7, 11) is 0. The van der Waals surface area contributed by atoms with E-state index in [1.54, 1.807) is 17.0 Å². The lowest BCUT2D eigenvalue weighted by Gasteiger charge is -2.31. The second kappa shape index (κ2) is 9.25. The molecule has 2 fully saturated rings. The van der Waals surface area contributed by atoms with Crippen molar-refractivity contribution in [2.75, 3.05) is 13.1 Å². The van der Waals surface area contributed by atoms with Gasteiger partial charge >= 0.3 is 5.97 Å². The largest absolute Gasteiger partial charge is 0.481 e. The second-order valence-electron chi connectivity index (χ2n) is 9.06. The molecule has 2 aliphatic heterocycles. The summed E-state index contributed by atoms with van der Waals surface area (Å²) in [5, 5.41) is 17.9. The molecule has 2 unspecified atom stereocenters. The zero-order chi connectivity index (χ0) is 23.7. The van der Waals surface area contributed by atoms with Crippen LogP contribution in [0.1, 0.15) is 55.8 Å². The molecule has 1 aromatic heterocycles. The first-order chi connectivity index (χ1) is 15.8. The van der Waals surface area contributed by atoms with Gasteiger partial charge in [0.25, 0.3) is 0 Å². The molecule has 2 aromatic rings. The summed E-state index contributed by atoms with van der Waals surface area (Å²) in [6, 6.07) is 5.03. The van der Waals surface area contributed by atoms with Gasteiger partial charge in [-0.05, 0) is 50.2 Å². The maximum Gasteiger partial charge on any atom is 0.307 e. The van der Waals surface area contributed by atoms with Crippen LogP contribution in [0.25, 0.3) is 10.9 Å². The minimum atomic E-state index is -0.906. The number of likely N-dealkylation sites (tertiary alicyclic amines) is 2. The third-order valence-corrected chi connectivity index (χ3v) is 6.96. The maximum absolute atomic E-state index is 13.3. The number of carboxylic acids is 1. The van der Waals surface area contributed by atoms with Crippen molar-refractivity contribution in [3.8, 4) is 0 Å². The van der Waals surface area contributed by atoms with Gasteiger partial charge in [-0.3, -0.25) is 19.8 Å². The minimum Gasteiger partial charge on any atom is -0.481 e. The lowest BCUT2D eigenvalue weighted by Crippen LogP contribution is -2.48. The lowest BCUT2D eigenvalue weighted by atomic mass is 10.0. The van der Waals surface area contributed by atoms with Crippen molar-refractivity contribution in [1.82, 2.24) is 14.8 Å². The Kier molecular flexibility index (Phi) is 6.40. The number of aromatic nitrogens is 1. The molecule has 0 bridgehead atoms. The summed E-state index contributed by atoms with van der Waals surface area (Å²) in [4.78, 5) is 43.7. The number of aromatic amines is 1. The minimum absolute atomic E-state index is 0.0405. The summed E-state index contributed by atoms with van der Waals surface area (Å²) in [5.41, 5.74) is 8.53. The van der Waals surface area contributed by atoms with E-state index in [0.29, 0.717) is 31.5 Å². The molecule has 0 spiro atoms. The van der Waals surface area contributed by atoms with Gasteiger partial charge in [-0.15, -0.1) is 0 Å². The fourth-order valence-corrected chi connectivity index (χ4v) is 5.37. The van der Waals surface area contributed by atoms with E-state index in [4.69, 9.17) is 11.1 Å². The fraction of sp³-hybridized carbons (Fsp3) is 0.500. The van der Waals surface area contributed by atoms with E-state index in [2.05, 4.69) is 4.98 Å². The molecule has 33 heavy (non-hydrogen) atoms. The van der Waals surface area contributed by atoms with Gasteiger partial charge in [-0.1, -0.05) is 12.1 Å². The Balaban J connectivity index is 1.53. The number of fused-ring (bicyclic) bond motifs is 1. The van der Waals surface area contributed by atoms with Crippen LogP contribution in [0.3, 0.4) is 0 Å². The molecule has 0 radical (unpaired) electrons. The van der Waals surface area contributed by atoms with E-state index in [9.17, 15) is 19.5 Å². The molecular weight excluding hydrogens is 422 g/mol. The average molecular weight is 454 g/mol. The number of aryl methyl sites for hydroxylation is 1. The van der Waals surface area contributed by atoms with Crippen LogP contribution in [0.4, 0.5) is 0 Å². The number of carbonyl (C=O) groups is 3. The van der Waals surface area contributed by atoms with E-state index < -0.39 is 5.97 Å². The number of amides is 2. The molecule has 3 heterocycles. The molecule has 2 saturated heterocycles. The van der Waals surface area contributed by atoms with E-state index in [-0.39, 0.29) is 36.2 Å². The van der Waals surface area contributed by atoms with Crippen LogP contribution in [0.5, 0.6) is 0 Å². The maximum atomic E-state index is 13.3. The van der Waals surface area contributed by atoms with Crippen molar-refractivity contribution in [1.29, 1.82) is 5.41 Å². The molecule has 1 aromatic carbocycles. The normalized spacial score (nSPS) is 20.5. The fourth-order valence-electron chi connectivity index (χ4n) is 5.37. The van der Waals surface area contributed by atoms with Crippen molar-refractivity contribution < 1.29 is 19.5 Å². The number of carbonyl (C=O) groups excluding carboxylic acids is 2. The smallest absolute Gasteiger partial charge is 0.307 e. The van der Waals surface area contributed by atoms with Crippen molar-refractivity contribution in [2.45, 2.75) is 64.0 Å². The lowest BCUT2D eigenvalue weighted by molar-refractivity contribution is -0.143. The molecule has 5 N–H and O–H groups in total. The first-order valence-electron chi connectivity index (χ1n) is 11.5. The number of nitrogens with one attached hydrogen (secondary N) is 2. The van der Waals surface area contributed by atoms with Gasteiger partial charge in [0.05, 0.1) is 6.42 Å². The highest BCUT2D eigenvalue weighted by Gasteiger charge is 2.39. The molecule has 2 atom stereocenters. The Morgan fingerprint density at radius 2 is 1.91 bits per heavy atom. The Labute approximate surface area is 192 Å². The zero-order valence-corrected chi connectivity index (χ0v) is 18.9. The molecule has 9 nitrogen and oxygen atoms in total. The van der Waals surface area contributed by atoms with Crippen LogP contribution in [0.15, 0.2) is 18.2 Å². The Morgan fingerprint density at radius 1 is 1.18 bits per heavy atom. The van der Waals surface area contributed by atoms with Crippen LogP contribution in [-0.4, -0.2) is 68.7 Å². The number of H-pyrrole nitrogens is 1. The molecule has 9 heteroatoms. The molecule has 0 aliphatic carbocycles. The third kappa shape index (κ3) is 4.58. The van der Waals surface area contributed by atoms with Crippen LogP contribution in [-0.2, 0) is 27.2 Å². The molecular formula is C24H31N5O4. The molecule has 0 saturated carbocycles. The van der Waals surface area contributed by atoms with E-state index in [0.717, 1.165) is 47.8 Å². The van der Waals surface area contributed by atoms with Crippen molar-refractivity contribution >= 4 is 34.5 Å². The summed E-state index contributed by atoms with van der Waals surface area (Å²) >= 11 is 0. The summed E-state index contributed by atoms with van der Waals surface area (Å²) in [6.07, 6.45) is 4.63. The Morgan fingerprint density at radius 3 is 2.61 bits per heavy atom. The molecule has 2 amide bonds. The number of hydrogen-bond acceptors (Lipinski definition) is 4. The number of carboxylic acid groups (broad SMARTS) is 1. The number of benzene rings is 1. The van der Waals surface area contributed by atoms with Gasteiger partial charge < -0.3 is 25.6 Å². The third-order valence-electron chi connectivity index (χ3n) is 6.96. The van der Waals surface area contributed by atoms with Gasteiger partial charge in [-0.25, -0.2) is 0 Å². The van der Waals surface area contributed by atoms with E-state index in [1.807, 2.05) is 11.0 Å². The second-order valence-corrected chi connectivity index (χ2v) is 9.06. The number of nitrogens with two attached hydrogens (primary N) is 1. The van der Waals surface area contributed by atoms with Gasteiger partial charge in [-0.2, -0.15) is 0 Å². The van der Waals surface area contributed by atoms with Crippen LogP contribution >= 0.6 is 0 Å². The highest BCUT2D eigenvalue weighted by molar-refractivity contribution is 5.99. The highest BCUT2D eigenvalue weighted by atomic mass is 16.4. The first-order valence-corrected chi connectivity index (χ1v) is 11.5. The number of aliphatic carboxylic acids is 1. The average Bonchev–Trinajstić information content (AvgIpc) is 3.50. The summed E-state index contributed by atoms with van der Waals surface area (Å²) in [6.45, 7) is 2.85.